The van der Waals surface area contributed by atoms with Gasteiger partial charge in [-0.05, 0) is 19.1 Å². The molecule has 0 aliphatic carbocycles. The predicted molar refractivity (Wildman–Crippen MR) is 69.1 cm³/mol. The lowest BCUT2D eigenvalue weighted by atomic mass is 9.92. The van der Waals surface area contributed by atoms with Crippen molar-refractivity contribution in [2.45, 2.75) is 18.4 Å². The lowest BCUT2D eigenvalue weighted by Gasteiger charge is -2.39. The van der Waals surface area contributed by atoms with Crippen molar-refractivity contribution in [2.75, 3.05) is 14.1 Å². The van der Waals surface area contributed by atoms with E-state index in [4.69, 9.17) is 12.2 Å². The summed E-state index contributed by atoms with van der Waals surface area (Å²) in [5.41, 5.74) is -2.40. The van der Waals surface area contributed by atoms with Crippen LogP contribution in [0.25, 0.3) is 0 Å². The molecule has 1 fully saturated rings. The molecular formula is C12H16N2O2S. The van der Waals surface area contributed by atoms with E-state index in [0.717, 1.165) is 0 Å². The molecule has 0 spiro atoms. The van der Waals surface area contributed by atoms with Gasteiger partial charge in [0.25, 0.3) is 0 Å². The van der Waals surface area contributed by atoms with Crippen LogP contribution in [0.2, 0.25) is 0 Å². The molecule has 2 atom stereocenters. The van der Waals surface area contributed by atoms with E-state index in [2.05, 4.69) is 0 Å². The molecule has 0 aromatic heterocycles. The molecule has 1 heterocycles. The molecule has 2 N–H and O–H groups in total. The van der Waals surface area contributed by atoms with Crippen LogP contribution < -0.4 is 0 Å². The van der Waals surface area contributed by atoms with Crippen LogP contribution in [0.1, 0.15) is 12.5 Å². The summed E-state index contributed by atoms with van der Waals surface area (Å²) in [7, 11) is 3.34. The van der Waals surface area contributed by atoms with Crippen molar-refractivity contribution in [1.29, 1.82) is 0 Å². The Morgan fingerprint density at radius 2 is 1.59 bits per heavy atom. The standard InChI is InChI=1S/C12H16N2O2S/c1-11(15)12(16,9-7-5-4-6-8-9)14(3)10(17)13(11)2/h4-8,15-16H,1-3H3. The molecule has 1 aromatic carbocycles. The van der Waals surface area contributed by atoms with Crippen molar-refractivity contribution in [2.24, 2.45) is 0 Å². The van der Waals surface area contributed by atoms with Gasteiger partial charge < -0.3 is 20.0 Å². The average molecular weight is 252 g/mol. The highest BCUT2D eigenvalue weighted by atomic mass is 32.1. The summed E-state index contributed by atoms with van der Waals surface area (Å²) in [4.78, 5) is 3.01. The summed E-state index contributed by atoms with van der Waals surface area (Å²) in [6.07, 6.45) is 0. The van der Waals surface area contributed by atoms with Gasteiger partial charge in [0.2, 0.25) is 5.72 Å². The van der Waals surface area contributed by atoms with Crippen molar-refractivity contribution in [3.63, 3.8) is 0 Å². The number of nitrogens with zero attached hydrogens (tertiary/aromatic N) is 2. The fourth-order valence-electron chi connectivity index (χ4n) is 2.24. The number of hydrogen-bond donors (Lipinski definition) is 2. The van der Waals surface area contributed by atoms with Gasteiger partial charge in [0.15, 0.2) is 10.8 Å². The molecule has 0 saturated carbocycles. The molecule has 4 nitrogen and oxygen atoms in total. The van der Waals surface area contributed by atoms with E-state index in [0.29, 0.717) is 10.7 Å². The Kier molecular flexibility index (Phi) is 2.65. The first-order valence-corrected chi connectivity index (χ1v) is 5.76. The van der Waals surface area contributed by atoms with Crippen molar-refractivity contribution in [3.8, 4) is 0 Å². The summed E-state index contributed by atoms with van der Waals surface area (Å²) < 4.78 is 0. The number of aliphatic hydroxyl groups is 2. The number of hydrogen-bond acceptors (Lipinski definition) is 3. The first kappa shape index (κ1) is 12.3. The topological polar surface area (TPSA) is 46.9 Å². The quantitative estimate of drug-likeness (QED) is 0.721. The molecule has 1 aromatic rings. The van der Waals surface area contributed by atoms with Crippen LogP contribution in [0.5, 0.6) is 0 Å². The highest BCUT2D eigenvalue weighted by Gasteiger charge is 2.60. The second kappa shape index (κ2) is 3.66. The molecule has 0 amide bonds. The Bertz CT molecular complexity index is 449. The average Bonchev–Trinajstić information content (AvgIpc) is 2.45. The zero-order valence-corrected chi connectivity index (χ0v) is 10.9. The van der Waals surface area contributed by atoms with E-state index >= 15 is 0 Å². The van der Waals surface area contributed by atoms with Gasteiger partial charge in [-0.1, -0.05) is 30.3 Å². The van der Waals surface area contributed by atoms with Gasteiger partial charge in [-0.25, -0.2) is 0 Å². The lowest BCUT2D eigenvalue weighted by molar-refractivity contribution is -0.219. The summed E-state index contributed by atoms with van der Waals surface area (Å²) in [6, 6.07) is 9.04. The van der Waals surface area contributed by atoms with Crippen LogP contribution >= 0.6 is 12.2 Å². The van der Waals surface area contributed by atoms with Gasteiger partial charge in [0.1, 0.15) is 0 Å². The first-order valence-electron chi connectivity index (χ1n) is 5.35. The van der Waals surface area contributed by atoms with E-state index in [1.54, 1.807) is 33.2 Å². The third kappa shape index (κ3) is 1.40. The smallest absolute Gasteiger partial charge is 0.215 e. The van der Waals surface area contributed by atoms with Gasteiger partial charge in [0.05, 0.1) is 0 Å². The molecule has 2 unspecified atom stereocenters. The predicted octanol–water partition coefficient (Wildman–Crippen LogP) is 0.702. The normalized spacial score (nSPS) is 33.4. The summed E-state index contributed by atoms with van der Waals surface area (Å²) in [5.74, 6) is 0. The van der Waals surface area contributed by atoms with Crippen molar-refractivity contribution < 1.29 is 10.2 Å². The Balaban J connectivity index is 2.60. The summed E-state index contributed by atoms with van der Waals surface area (Å²) >= 11 is 5.19. The monoisotopic (exact) mass is 252 g/mol. The SMILES string of the molecule is CN1C(=S)N(C)C(O)(c2ccccc2)C1(C)O. The number of likely N-dealkylation sites (N-methyl/N-ethyl adjacent to an activating group) is 2. The van der Waals surface area contributed by atoms with Crippen LogP contribution in [0.15, 0.2) is 30.3 Å². The Morgan fingerprint density at radius 1 is 1.06 bits per heavy atom. The second-order valence-electron chi connectivity index (χ2n) is 4.46. The molecule has 2 rings (SSSR count). The minimum absolute atomic E-state index is 0.404. The third-order valence-electron chi connectivity index (χ3n) is 3.55. The Labute approximate surface area is 106 Å². The van der Waals surface area contributed by atoms with E-state index in [1.165, 1.54) is 9.80 Å². The molecular weight excluding hydrogens is 236 g/mol. The molecule has 0 radical (unpaired) electrons. The Hall–Kier alpha value is -1.17. The zero-order chi connectivity index (χ0) is 12.8. The summed E-state index contributed by atoms with van der Waals surface area (Å²) in [5, 5.41) is 21.8. The minimum Gasteiger partial charge on any atom is -0.366 e. The van der Waals surface area contributed by atoms with Crippen LogP contribution in [0.3, 0.4) is 0 Å². The number of thiocarbonyl (C=S) groups is 1. The molecule has 1 saturated heterocycles. The number of benzene rings is 1. The number of rotatable bonds is 1. The van der Waals surface area contributed by atoms with Crippen LogP contribution in [0.4, 0.5) is 0 Å². The van der Waals surface area contributed by atoms with Crippen molar-refractivity contribution in [3.05, 3.63) is 35.9 Å². The maximum Gasteiger partial charge on any atom is 0.215 e. The van der Waals surface area contributed by atoms with E-state index in [9.17, 15) is 10.2 Å². The molecule has 17 heavy (non-hydrogen) atoms. The fourth-order valence-corrected chi connectivity index (χ4v) is 2.55. The van der Waals surface area contributed by atoms with Gasteiger partial charge >= 0.3 is 0 Å². The van der Waals surface area contributed by atoms with Crippen molar-refractivity contribution in [1.82, 2.24) is 9.80 Å². The van der Waals surface area contributed by atoms with Crippen molar-refractivity contribution >= 4 is 17.3 Å². The maximum absolute atomic E-state index is 10.8. The van der Waals surface area contributed by atoms with Gasteiger partial charge in [-0.15, -0.1) is 0 Å². The molecule has 1 aliphatic heterocycles. The van der Waals surface area contributed by atoms with Crippen LogP contribution in [0, 0.1) is 0 Å². The van der Waals surface area contributed by atoms with Gasteiger partial charge in [0, 0.05) is 19.7 Å². The van der Waals surface area contributed by atoms with E-state index < -0.39 is 11.4 Å². The highest BCUT2D eigenvalue weighted by molar-refractivity contribution is 7.80. The largest absolute Gasteiger partial charge is 0.366 e. The first-order chi connectivity index (χ1) is 7.83. The molecule has 1 aliphatic rings. The minimum atomic E-state index is -1.54. The molecule has 0 bridgehead atoms. The second-order valence-corrected chi connectivity index (χ2v) is 4.82. The highest BCUT2D eigenvalue weighted by Crippen LogP contribution is 2.43. The third-order valence-corrected chi connectivity index (χ3v) is 4.10. The molecule has 92 valence electrons. The van der Waals surface area contributed by atoms with Crippen LogP contribution in [-0.4, -0.2) is 44.9 Å². The summed E-state index contributed by atoms with van der Waals surface area (Å²) in [6.45, 7) is 1.55. The van der Waals surface area contributed by atoms with Gasteiger partial charge in [-0.2, -0.15) is 0 Å². The molecule has 5 heteroatoms. The fraction of sp³-hybridized carbons (Fsp3) is 0.417. The lowest BCUT2D eigenvalue weighted by Crippen LogP contribution is -2.56. The Morgan fingerprint density at radius 3 is 2.00 bits per heavy atom. The van der Waals surface area contributed by atoms with Crippen LogP contribution in [-0.2, 0) is 5.72 Å². The van der Waals surface area contributed by atoms with E-state index in [-0.39, 0.29) is 0 Å². The maximum atomic E-state index is 10.8. The van der Waals surface area contributed by atoms with Gasteiger partial charge in [-0.3, -0.25) is 0 Å². The van der Waals surface area contributed by atoms with E-state index in [1.807, 2.05) is 18.2 Å². The zero-order valence-electron chi connectivity index (χ0n) is 10.1.